The fourth-order valence-corrected chi connectivity index (χ4v) is 1.52. The second-order valence-corrected chi connectivity index (χ2v) is 4.14. The number of benzene rings is 1. The fourth-order valence-electron chi connectivity index (χ4n) is 1.52. The van der Waals surface area contributed by atoms with Crippen LogP contribution in [0, 0.1) is 6.92 Å². The van der Waals surface area contributed by atoms with Crippen molar-refractivity contribution in [2.45, 2.75) is 19.9 Å². The molecule has 0 aliphatic rings. The predicted octanol–water partition coefficient (Wildman–Crippen LogP) is 3.20. The Bertz CT molecular complexity index is 492. The Balaban J connectivity index is 2.14. The first-order chi connectivity index (χ1) is 8.15. The molecule has 1 aromatic heterocycles. The minimum absolute atomic E-state index is 0.00415. The van der Waals surface area contributed by atoms with Crippen molar-refractivity contribution in [1.29, 1.82) is 0 Å². The summed E-state index contributed by atoms with van der Waals surface area (Å²) in [6, 6.07) is 11.6. The highest BCUT2D eigenvalue weighted by Gasteiger charge is 2.02. The Morgan fingerprint density at radius 2 is 2.06 bits per heavy atom. The van der Waals surface area contributed by atoms with Crippen molar-refractivity contribution in [2.75, 3.05) is 0 Å². The lowest BCUT2D eigenvalue weighted by molar-refractivity contribution is 0.462. The average Bonchev–Trinajstić information content (AvgIpc) is 2.29. The maximum absolute atomic E-state index is 5.76. The summed E-state index contributed by atoms with van der Waals surface area (Å²) < 4.78 is 5.64. The molecule has 0 saturated carbocycles. The summed E-state index contributed by atoms with van der Waals surface area (Å²) in [5, 5.41) is 0. The molecule has 2 N–H and O–H groups in total. The maximum Gasteiger partial charge on any atom is 0.219 e. The summed E-state index contributed by atoms with van der Waals surface area (Å²) in [6.07, 6.45) is 1.75. The second-order valence-electron chi connectivity index (χ2n) is 4.14. The van der Waals surface area contributed by atoms with Crippen molar-refractivity contribution in [3.8, 4) is 11.6 Å². The van der Waals surface area contributed by atoms with Gasteiger partial charge in [0.2, 0.25) is 5.88 Å². The van der Waals surface area contributed by atoms with Gasteiger partial charge in [0.15, 0.2) is 0 Å². The van der Waals surface area contributed by atoms with E-state index in [9.17, 15) is 0 Å². The third-order valence-corrected chi connectivity index (χ3v) is 2.50. The molecule has 0 fully saturated rings. The standard InChI is InChI=1S/C14H16N2O/c1-10-4-3-5-13(8-10)17-14-7-6-12(9-16-14)11(2)15/h3-9,11H,15H2,1-2H3. The van der Waals surface area contributed by atoms with Crippen LogP contribution in [0.15, 0.2) is 42.6 Å². The zero-order valence-electron chi connectivity index (χ0n) is 10.1. The van der Waals surface area contributed by atoms with E-state index < -0.39 is 0 Å². The van der Waals surface area contributed by atoms with Crippen LogP contribution in [0.1, 0.15) is 24.1 Å². The minimum Gasteiger partial charge on any atom is -0.439 e. The Morgan fingerprint density at radius 1 is 1.24 bits per heavy atom. The largest absolute Gasteiger partial charge is 0.439 e. The van der Waals surface area contributed by atoms with Crippen LogP contribution in [-0.4, -0.2) is 4.98 Å². The molecule has 0 aliphatic heterocycles. The monoisotopic (exact) mass is 228 g/mol. The number of aromatic nitrogens is 1. The van der Waals surface area contributed by atoms with Crippen LogP contribution in [0.25, 0.3) is 0 Å². The third kappa shape index (κ3) is 3.04. The highest BCUT2D eigenvalue weighted by molar-refractivity contribution is 5.31. The lowest BCUT2D eigenvalue weighted by Crippen LogP contribution is -2.05. The molecule has 3 heteroatoms. The van der Waals surface area contributed by atoms with Gasteiger partial charge in [0.1, 0.15) is 5.75 Å². The van der Waals surface area contributed by atoms with Gasteiger partial charge in [0.25, 0.3) is 0 Å². The molecule has 3 nitrogen and oxygen atoms in total. The summed E-state index contributed by atoms with van der Waals surface area (Å²) in [5.41, 5.74) is 7.92. The molecule has 1 unspecified atom stereocenters. The predicted molar refractivity (Wildman–Crippen MR) is 68.1 cm³/mol. The number of hydrogen-bond acceptors (Lipinski definition) is 3. The molecule has 17 heavy (non-hydrogen) atoms. The van der Waals surface area contributed by atoms with Crippen molar-refractivity contribution in [1.82, 2.24) is 4.98 Å². The summed E-state index contributed by atoms with van der Waals surface area (Å²) in [6.45, 7) is 3.96. The van der Waals surface area contributed by atoms with Gasteiger partial charge >= 0.3 is 0 Å². The lowest BCUT2D eigenvalue weighted by Gasteiger charge is -2.07. The third-order valence-electron chi connectivity index (χ3n) is 2.50. The van der Waals surface area contributed by atoms with E-state index in [1.165, 1.54) is 0 Å². The van der Waals surface area contributed by atoms with Crippen molar-refractivity contribution in [3.05, 3.63) is 53.7 Å². The van der Waals surface area contributed by atoms with E-state index in [1.54, 1.807) is 6.20 Å². The molecule has 0 amide bonds. The number of ether oxygens (including phenoxy) is 1. The first kappa shape index (κ1) is 11.6. The molecule has 88 valence electrons. The van der Waals surface area contributed by atoms with Gasteiger partial charge in [-0.15, -0.1) is 0 Å². The van der Waals surface area contributed by atoms with E-state index in [0.29, 0.717) is 5.88 Å². The van der Waals surface area contributed by atoms with Crippen LogP contribution < -0.4 is 10.5 Å². The topological polar surface area (TPSA) is 48.1 Å². The first-order valence-electron chi connectivity index (χ1n) is 5.61. The Morgan fingerprint density at radius 3 is 2.65 bits per heavy atom. The molecule has 2 aromatic rings. The second kappa shape index (κ2) is 4.97. The van der Waals surface area contributed by atoms with Crippen molar-refractivity contribution < 1.29 is 4.74 Å². The van der Waals surface area contributed by atoms with E-state index in [4.69, 9.17) is 10.5 Å². The average molecular weight is 228 g/mol. The fraction of sp³-hybridized carbons (Fsp3) is 0.214. The zero-order chi connectivity index (χ0) is 12.3. The van der Waals surface area contributed by atoms with Crippen LogP contribution in [0.5, 0.6) is 11.6 Å². The summed E-state index contributed by atoms with van der Waals surface area (Å²) in [7, 11) is 0. The van der Waals surface area contributed by atoms with E-state index in [-0.39, 0.29) is 6.04 Å². The summed E-state index contributed by atoms with van der Waals surface area (Å²) in [4.78, 5) is 4.22. The number of hydrogen-bond donors (Lipinski definition) is 1. The SMILES string of the molecule is Cc1cccc(Oc2ccc(C(C)N)cn2)c1. The normalized spacial score (nSPS) is 12.2. The molecule has 0 bridgehead atoms. The van der Waals surface area contributed by atoms with Gasteiger partial charge < -0.3 is 10.5 Å². The lowest BCUT2D eigenvalue weighted by atomic mass is 10.2. The minimum atomic E-state index is -0.00415. The van der Waals surface area contributed by atoms with Gasteiger partial charge in [-0.2, -0.15) is 0 Å². The smallest absolute Gasteiger partial charge is 0.219 e. The van der Waals surface area contributed by atoms with Crippen molar-refractivity contribution in [2.24, 2.45) is 5.73 Å². The zero-order valence-corrected chi connectivity index (χ0v) is 10.1. The van der Waals surface area contributed by atoms with Gasteiger partial charge in [-0.05, 0) is 37.1 Å². The van der Waals surface area contributed by atoms with Crippen LogP contribution >= 0.6 is 0 Å². The molecule has 0 aliphatic carbocycles. The van der Waals surface area contributed by atoms with Gasteiger partial charge in [-0.1, -0.05) is 18.2 Å². The summed E-state index contributed by atoms with van der Waals surface area (Å²) in [5.74, 6) is 1.38. The Hall–Kier alpha value is -1.87. The highest BCUT2D eigenvalue weighted by Crippen LogP contribution is 2.21. The van der Waals surface area contributed by atoms with Gasteiger partial charge in [-0.25, -0.2) is 4.98 Å². The molecular weight excluding hydrogens is 212 g/mol. The van der Waals surface area contributed by atoms with E-state index in [1.807, 2.05) is 50.2 Å². The molecule has 0 saturated heterocycles. The number of nitrogens with zero attached hydrogens (tertiary/aromatic N) is 1. The summed E-state index contributed by atoms with van der Waals surface area (Å²) >= 11 is 0. The van der Waals surface area contributed by atoms with E-state index >= 15 is 0 Å². The number of pyridine rings is 1. The molecule has 1 heterocycles. The Kier molecular flexibility index (Phi) is 3.40. The Labute approximate surface area is 101 Å². The van der Waals surface area contributed by atoms with Crippen LogP contribution in [0.4, 0.5) is 0 Å². The van der Waals surface area contributed by atoms with E-state index in [0.717, 1.165) is 16.9 Å². The molecule has 1 atom stereocenters. The van der Waals surface area contributed by atoms with Crippen molar-refractivity contribution in [3.63, 3.8) is 0 Å². The molecule has 1 aromatic carbocycles. The molecule has 0 radical (unpaired) electrons. The van der Waals surface area contributed by atoms with Crippen LogP contribution in [0.2, 0.25) is 0 Å². The number of aryl methyl sites for hydroxylation is 1. The molecule has 0 spiro atoms. The van der Waals surface area contributed by atoms with Crippen LogP contribution in [0.3, 0.4) is 0 Å². The highest BCUT2D eigenvalue weighted by atomic mass is 16.5. The quantitative estimate of drug-likeness (QED) is 0.877. The molecular formula is C14H16N2O. The van der Waals surface area contributed by atoms with Crippen LogP contribution in [-0.2, 0) is 0 Å². The van der Waals surface area contributed by atoms with Gasteiger partial charge in [0.05, 0.1) is 0 Å². The molecule has 2 rings (SSSR count). The maximum atomic E-state index is 5.76. The van der Waals surface area contributed by atoms with E-state index in [2.05, 4.69) is 4.98 Å². The van der Waals surface area contributed by atoms with Gasteiger partial charge in [0, 0.05) is 18.3 Å². The number of rotatable bonds is 3. The first-order valence-corrected chi connectivity index (χ1v) is 5.61. The van der Waals surface area contributed by atoms with Crippen molar-refractivity contribution >= 4 is 0 Å². The number of nitrogens with two attached hydrogens (primary N) is 1. The van der Waals surface area contributed by atoms with Gasteiger partial charge in [-0.3, -0.25) is 0 Å².